The fourth-order valence-electron chi connectivity index (χ4n) is 3.79. The van der Waals surface area contributed by atoms with Crippen molar-refractivity contribution >= 4 is 40.4 Å². The summed E-state index contributed by atoms with van der Waals surface area (Å²) in [6.45, 7) is 1.73. The van der Waals surface area contributed by atoms with Gasteiger partial charge < -0.3 is 9.73 Å². The summed E-state index contributed by atoms with van der Waals surface area (Å²) < 4.78 is 5.60. The van der Waals surface area contributed by atoms with Crippen molar-refractivity contribution in [1.29, 1.82) is 0 Å². The number of nitrogens with zero attached hydrogens (tertiary/aromatic N) is 1. The fourth-order valence-corrected chi connectivity index (χ4v) is 4.01. The zero-order valence-corrected chi connectivity index (χ0v) is 15.0. The van der Waals surface area contributed by atoms with Crippen LogP contribution < -0.4 is 10.7 Å². The Morgan fingerprint density at radius 3 is 2.69 bits per heavy atom. The van der Waals surface area contributed by atoms with Crippen molar-refractivity contribution in [2.75, 3.05) is 0 Å². The molecular formula is C18H18ClN3O4. The van der Waals surface area contributed by atoms with E-state index in [1.807, 2.05) is 0 Å². The lowest BCUT2D eigenvalue weighted by atomic mass is 9.82. The van der Waals surface area contributed by atoms with E-state index in [9.17, 15) is 14.4 Å². The van der Waals surface area contributed by atoms with E-state index in [0.717, 1.165) is 24.3 Å². The number of nitrogens with one attached hydrogen (secondary N) is 2. The molecule has 1 aromatic carbocycles. The van der Waals surface area contributed by atoms with E-state index in [1.165, 1.54) is 0 Å². The fraction of sp³-hybridized carbons (Fsp3) is 0.389. The van der Waals surface area contributed by atoms with Gasteiger partial charge in [0.05, 0.1) is 5.02 Å². The predicted molar refractivity (Wildman–Crippen MR) is 94.6 cm³/mol. The minimum atomic E-state index is -0.894. The molecule has 4 rings (SSSR count). The highest BCUT2D eigenvalue weighted by atomic mass is 35.5. The molecule has 2 aliphatic rings. The number of halogens is 1. The Labute approximate surface area is 154 Å². The molecule has 2 heterocycles. The number of hydrazine groups is 1. The van der Waals surface area contributed by atoms with Crippen LogP contribution in [0.3, 0.4) is 0 Å². The van der Waals surface area contributed by atoms with Gasteiger partial charge in [-0.25, -0.2) is 10.2 Å². The first kappa shape index (κ1) is 16.9. The van der Waals surface area contributed by atoms with Crippen molar-refractivity contribution in [2.45, 2.75) is 44.6 Å². The van der Waals surface area contributed by atoms with Crippen molar-refractivity contribution in [2.24, 2.45) is 0 Å². The Morgan fingerprint density at radius 2 is 2.00 bits per heavy atom. The van der Waals surface area contributed by atoms with Gasteiger partial charge in [-0.2, -0.15) is 5.01 Å². The number of hydrogen-bond acceptors (Lipinski definition) is 4. The number of para-hydroxylation sites is 1. The minimum absolute atomic E-state index is 0.0262. The third-order valence-corrected chi connectivity index (χ3v) is 5.50. The lowest BCUT2D eigenvalue weighted by Gasteiger charge is -2.30. The Hall–Kier alpha value is -2.54. The number of carbonyl (C=O) groups excluding carboxylic acids is 3. The van der Waals surface area contributed by atoms with Gasteiger partial charge in [0, 0.05) is 10.9 Å². The summed E-state index contributed by atoms with van der Waals surface area (Å²) in [4.78, 5) is 37.7. The SMILES string of the molecule is Cc1c(C(=O)NN2C(=O)NC3(CCCCC3)C2=O)oc2c(Cl)cccc12. The van der Waals surface area contributed by atoms with Crippen molar-refractivity contribution < 1.29 is 18.8 Å². The molecule has 26 heavy (non-hydrogen) atoms. The maximum absolute atomic E-state index is 12.7. The Bertz CT molecular complexity index is 930. The van der Waals surface area contributed by atoms with E-state index < -0.39 is 23.4 Å². The third kappa shape index (κ3) is 2.46. The van der Waals surface area contributed by atoms with Gasteiger partial charge in [0.2, 0.25) is 0 Å². The van der Waals surface area contributed by atoms with Gasteiger partial charge in [0.15, 0.2) is 11.3 Å². The van der Waals surface area contributed by atoms with Gasteiger partial charge in [-0.3, -0.25) is 9.59 Å². The highest BCUT2D eigenvalue weighted by Gasteiger charge is 2.52. The van der Waals surface area contributed by atoms with Crippen LogP contribution >= 0.6 is 11.6 Å². The first-order valence-electron chi connectivity index (χ1n) is 8.58. The molecule has 8 heteroatoms. The summed E-state index contributed by atoms with van der Waals surface area (Å²) in [5.74, 6) is -1.05. The molecule has 136 valence electrons. The van der Waals surface area contributed by atoms with Gasteiger partial charge in [0.25, 0.3) is 5.91 Å². The molecule has 1 saturated heterocycles. The average molecular weight is 376 g/mol. The highest BCUT2D eigenvalue weighted by Crippen LogP contribution is 2.34. The second-order valence-electron chi connectivity index (χ2n) is 6.83. The molecule has 1 aliphatic heterocycles. The second-order valence-corrected chi connectivity index (χ2v) is 7.23. The quantitative estimate of drug-likeness (QED) is 0.788. The minimum Gasteiger partial charge on any atom is -0.449 e. The Kier molecular flexibility index (Phi) is 3.91. The Balaban J connectivity index is 1.61. The third-order valence-electron chi connectivity index (χ3n) is 5.20. The normalized spacial score (nSPS) is 19.2. The van der Waals surface area contributed by atoms with Crippen molar-refractivity contribution in [1.82, 2.24) is 15.8 Å². The summed E-state index contributed by atoms with van der Waals surface area (Å²) in [7, 11) is 0. The molecule has 0 unspecified atom stereocenters. The maximum atomic E-state index is 12.7. The molecular weight excluding hydrogens is 358 g/mol. The molecule has 1 saturated carbocycles. The van der Waals surface area contributed by atoms with Crippen LogP contribution in [0.2, 0.25) is 5.02 Å². The summed E-state index contributed by atoms with van der Waals surface area (Å²) in [6.07, 6.45) is 3.95. The van der Waals surface area contributed by atoms with Gasteiger partial charge in [-0.05, 0) is 25.8 Å². The van der Waals surface area contributed by atoms with Crippen LogP contribution in [-0.4, -0.2) is 28.4 Å². The van der Waals surface area contributed by atoms with Gasteiger partial charge in [0.1, 0.15) is 5.54 Å². The van der Waals surface area contributed by atoms with E-state index in [0.29, 0.717) is 34.4 Å². The van der Waals surface area contributed by atoms with Crippen LogP contribution in [0.25, 0.3) is 11.0 Å². The van der Waals surface area contributed by atoms with E-state index in [4.69, 9.17) is 16.0 Å². The molecule has 2 fully saturated rings. The lowest BCUT2D eigenvalue weighted by Crippen LogP contribution is -2.51. The molecule has 1 aromatic heterocycles. The van der Waals surface area contributed by atoms with Crippen LogP contribution in [0.5, 0.6) is 0 Å². The summed E-state index contributed by atoms with van der Waals surface area (Å²) in [5, 5.41) is 4.61. The molecule has 0 radical (unpaired) electrons. The van der Waals surface area contributed by atoms with Crippen LogP contribution in [0.4, 0.5) is 4.79 Å². The van der Waals surface area contributed by atoms with E-state index >= 15 is 0 Å². The van der Waals surface area contributed by atoms with E-state index in [-0.39, 0.29) is 5.76 Å². The highest BCUT2D eigenvalue weighted by molar-refractivity contribution is 6.35. The van der Waals surface area contributed by atoms with Crippen LogP contribution in [0.15, 0.2) is 22.6 Å². The topological polar surface area (TPSA) is 91.7 Å². The van der Waals surface area contributed by atoms with E-state index in [1.54, 1.807) is 25.1 Å². The molecule has 4 amide bonds. The number of fused-ring (bicyclic) bond motifs is 1. The lowest BCUT2D eigenvalue weighted by molar-refractivity contribution is -0.134. The summed E-state index contributed by atoms with van der Waals surface area (Å²) >= 11 is 6.11. The number of imide groups is 1. The second kappa shape index (κ2) is 6.02. The van der Waals surface area contributed by atoms with Crippen LogP contribution in [0.1, 0.15) is 48.2 Å². The zero-order chi connectivity index (χ0) is 18.5. The maximum Gasteiger partial charge on any atom is 0.344 e. The van der Waals surface area contributed by atoms with Gasteiger partial charge in [-0.15, -0.1) is 0 Å². The molecule has 7 nitrogen and oxygen atoms in total. The standard InChI is InChI=1S/C18H18ClN3O4/c1-10-11-6-5-7-12(19)14(11)26-13(10)15(23)21-22-16(24)18(20-17(22)25)8-3-2-4-9-18/h5-7H,2-4,8-9H2,1H3,(H,20,25)(H,21,23). The number of hydrogen-bond donors (Lipinski definition) is 2. The average Bonchev–Trinajstić information content (AvgIpc) is 3.07. The molecule has 2 aromatic rings. The monoisotopic (exact) mass is 375 g/mol. The molecule has 1 spiro atoms. The number of aryl methyl sites for hydroxylation is 1. The van der Waals surface area contributed by atoms with Crippen LogP contribution in [0, 0.1) is 6.92 Å². The van der Waals surface area contributed by atoms with Gasteiger partial charge >= 0.3 is 11.9 Å². The first-order valence-corrected chi connectivity index (χ1v) is 8.96. The van der Waals surface area contributed by atoms with Crippen molar-refractivity contribution in [3.8, 4) is 0 Å². The van der Waals surface area contributed by atoms with Crippen LogP contribution in [-0.2, 0) is 4.79 Å². The smallest absolute Gasteiger partial charge is 0.344 e. The molecule has 1 aliphatic carbocycles. The summed E-state index contributed by atoms with van der Waals surface area (Å²) in [6, 6.07) is 4.61. The molecule has 0 bridgehead atoms. The number of furan rings is 1. The Morgan fingerprint density at radius 1 is 1.27 bits per heavy atom. The number of benzene rings is 1. The van der Waals surface area contributed by atoms with Crippen molar-refractivity contribution in [3.05, 3.63) is 34.5 Å². The van der Waals surface area contributed by atoms with Crippen molar-refractivity contribution in [3.63, 3.8) is 0 Å². The number of rotatable bonds is 2. The number of urea groups is 1. The zero-order valence-electron chi connectivity index (χ0n) is 14.2. The largest absolute Gasteiger partial charge is 0.449 e. The molecule has 2 N–H and O–H groups in total. The summed E-state index contributed by atoms with van der Waals surface area (Å²) in [5.41, 5.74) is 2.49. The van der Waals surface area contributed by atoms with E-state index in [2.05, 4.69) is 10.7 Å². The predicted octanol–water partition coefficient (Wildman–Crippen LogP) is 3.29. The number of amides is 4. The van der Waals surface area contributed by atoms with Gasteiger partial charge in [-0.1, -0.05) is 43.0 Å². The number of carbonyl (C=O) groups is 3. The molecule has 0 atom stereocenters. The first-order chi connectivity index (χ1) is 12.4.